The first-order valence-corrected chi connectivity index (χ1v) is 18.3. The number of para-hydroxylation sites is 1. The minimum absolute atomic E-state index is 0.467. The van der Waals surface area contributed by atoms with Gasteiger partial charge in [-0.2, -0.15) is 0 Å². The molecular weight excluding hydrogens is 635 g/mol. The fraction of sp³-hybridized carbons (Fsp3) is 0.0204. The van der Waals surface area contributed by atoms with Gasteiger partial charge in [0.15, 0.2) is 0 Å². The fourth-order valence-corrected chi connectivity index (χ4v) is 9.45. The summed E-state index contributed by atoms with van der Waals surface area (Å²) in [4.78, 5) is 2.35. The lowest BCUT2D eigenvalue weighted by molar-refractivity contribution is 0.770. The molecule has 1 aliphatic rings. The zero-order valence-corrected chi connectivity index (χ0v) is 28.7. The first-order chi connectivity index (χ1) is 25.3. The van der Waals surface area contributed by atoms with E-state index in [1.54, 1.807) is 0 Å². The lowest BCUT2D eigenvalue weighted by Crippen LogP contribution is -2.28. The summed E-state index contributed by atoms with van der Waals surface area (Å²) in [5.41, 5.74) is 13.1. The van der Waals surface area contributed by atoms with E-state index in [-0.39, 0.29) is 0 Å². The molecule has 240 valence electrons. The molecule has 0 aliphatic heterocycles. The smallest absolute Gasteiger partial charge is 0.0714 e. The summed E-state index contributed by atoms with van der Waals surface area (Å²) in [6.07, 6.45) is 0. The normalized spacial score (nSPS) is 12.9. The third-order valence-electron chi connectivity index (χ3n) is 10.6. The van der Waals surface area contributed by atoms with Crippen LogP contribution in [0, 0.1) is 0 Å². The van der Waals surface area contributed by atoms with Crippen molar-refractivity contribution < 1.29 is 0 Å². The second kappa shape index (κ2) is 12.0. The summed E-state index contributed by atoms with van der Waals surface area (Å²) in [6.45, 7) is 0. The van der Waals surface area contributed by atoms with E-state index < -0.39 is 5.41 Å². The van der Waals surface area contributed by atoms with Crippen molar-refractivity contribution in [2.24, 2.45) is 0 Å². The van der Waals surface area contributed by atoms with Crippen molar-refractivity contribution >= 4 is 48.6 Å². The second-order valence-corrected chi connectivity index (χ2v) is 14.4. The number of thiophene rings is 1. The van der Waals surface area contributed by atoms with Gasteiger partial charge in [0, 0.05) is 37.2 Å². The summed E-state index contributed by atoms with van der Waals surface area (Å²) in [5, 5.41) is 2.65. The molecule has 2 heteroatoms. The minimum Gasteiger partial charge on any atom is -0.311 e. The number of fused-ring (bicyclic) bond motifs is 6. The van der Waals surface area contributed by atoms with Gasteiger partial charge >= 0.3 is 0 Å². The van der Waals surface area contributed by atoms with Gasteiger partial charge in [0.25, 0.3) is 0 Å². The highest BCUT2D eigenvalue weighted by molar-refractivity contribution is 7.25. The zero-order valence-electron chi connectivity index (χ0n) is 27.9. The molecule has 51 heavy (non-hydrogen) atoms. The first kappa shape index (κ1) is 29.7. The lowest BCUT2D eigenvalue weighted by Gasteiger charge is -2.34. The third-order valence-corrected chi connectivity index (χ3v) is 11.7. The Kier molecular flexibility index (Phi) is 6.97. The quantitative estimate of drug-likeness (QED) is 0.171. The molecule has 0 radical (unpaired) electrons. The number of nitrogens with zero attached hydrogens (tertiary/aromatic N) is 1. The highest BCUT2D eigenvalue weighted by atomic mass is 32.1. The number of hydrogen-bond donors (Lipinski definition) is 0. The Balaban J connectivity index is 1.15. The maximum Gasteiger partial charge on any atom is 0.0714 e. The molecule has 1 heterocycles. The first-order valence-electron chi connectivity index (χ1n) is 17.5. The van der Waals surface area contributed by atoms with E-state index in [4.69, 9.17) is 0 Å². The molecule has 0 unspecified atom stereocenters. The maximum absolute atomic E-state index is 2.46. The highest BCUT2D eigenvalue weighted by Crippen LogP contribution is 2.57. The molecule has 0 bridgehead atoms. The molecular formula is C49H33NS. The van der Waals surface area contributed by atoms with Gasteiger partial charge in [-0.25, -0.2) is 0 Å². The Hall–Kier alpha value is -6.22. The second-order valence-electron chi connectivity index (χ2n) is 13.3. The van der Waals surface area contributed by atoms with Crippen LogP contribution < -0.4 is 4.90 Å². The van der Waals surface area contributed by atoms with Gasteiger partial charge in [-0.05, 0) is 93.0 Å². The van der Waals surface area contributed by atoms with E-state index >= 15 is 0 Å². The van der Waals surface area contributed by atoms with E-state index in [0.717, 1.165) is 17.1 Å². The van der Waals surface area contributed by atoms with Crippen LogP contribution in [0.3, 0.4) is 0 Å². The Labute approximate surface area is 302 Å². The van der Waals surface area contributed by atoms with Crippen LogP contribution in [-0.2, 0) is 5.41 Å². The van der Waals surface area contributed by atoms with Crippen molar-refractivity contribution in [3.8, 4) is 22.3 Å². The topological polar surface area (TPSA) is 3.24 Å². The number of hydrogen-bond acceptors (Lipinski definition) is 2. The molecule has 10 rings (SSSR count). The zero-order chi connectivity index (χ0) is 33.8. The molecule has 0 saturated carbocycles. The van der Waals surface area contributed by atoms with Crippen molar-refractivity contribution in [1.29, 1.82) is 0 Å². The SMILES string of the molecule is c1ccc(-c2ccc(N(c3ccccc3)c3ccc(C4(c5ccc6c(c5)sc5ccccc56)c5ccccc5-c5ccccc54)cc3)cc2)cc1. The van der Waals surface area contributed by atoms with Crippen LogP contribution in [0.15, 0.2) is 200 Å². The molecule has 9 aromatic rings. The van der Waals surface area contributed by atoms with Crippen LogP contribution in [0.5, 0.6) is 0 Å². The summed E-state index contributed by atoms with van der Waals surface area (Å²) in [6, 6.07) is 73.4. The average Bonchev–Trinajstić information content (AvgIpc) is 3.73. The largest absolute Gasteiger partial charge is 0.311 e. The number of benzene rings is 8. The van der Waals surface area contributed by atoms with E-state index in [0.29, 0.717) is 0 Å². The molecule has 0 atom stereocenters. The van der Waals surface area contributed by atoms with E-state index in [1.165, 1.54) is 64.7 Å². The summed E-state index contributed by atoms with van der Waals surface area (Å²) >= 11 is 1.89. The number of rotatable bonds is 6. The standard InChI is InChI=1S/C49H33NS/c1-3-13-34(14-4-1)35-23-28-39(29-24-35)50(38-15-5-2-6-16-38)40-30-25-36(26-31-40)49(45-20-10-7-17-41(45)42-18-8-11-21-46(42)49)37-27-32-44-43-19-9-12-22-47(43)51-48(44)33-37/h1-33H. The van der Waals surface area contributed by atoms with Crippen LogP contribution in [-0.4, -0.2) is 0 Å². The van der Waals surface area contributed by atoms with E-state index in [9.17, 15) is 0 Å². The Morgan fingerprint density at radius 1 is 0.353 bits per heavy atom. The van der Waals surface area contributed by atoms with Gasteiger partial charge in [0.2, 0.25) is 0 Å². The maximum atomic E-state index is 2.46. The average molecular weight is 668 g/mol. The van der Waals surface area contributed by atoms with Gasteiger partial charge in [-0.3, -0.25) is 0 Å². The summed E-state index contributed by atoms with van der Waals surface area (Å²) in [5.74, 6) is 0. The van der Waals surface area contributed by atoms with Crippen molar-refractivity contribution in [1.82, 2.24) is 0 Å². The summed E-state index contributed by atoms with van der Waals surface area (Å²) in [7, 11) is 0. The van der Waals surface area contributed by atoms with Crippen molar-refractivity contribution in [3.05, 3.63) is 222 Å². The molecule has 0 N–H and O–H groups in total. The van der Waals surface area contributed by atoms with Crippen LogP contribution in [0.1, 0.15) is 22.3 Å². The predicted octanol–water partition coefficient (Wildman–Crippen LogP) is 13.6. The molecule has 1 aliphatic carbocycles. The fourth-order valence-electron chi connectivity index (χ4n) is 8.30. The van der Waals surface area contributed by atoms with E-state index in [1.807, 2.05) is 11.3 Å². The number of anilines is 3. The molecule has 0 fully saturated rings. The molecule has 0 spiro atoms. The Morgan fingerprint density at radius 3 is 1.53 bits per heavy atom. The molecule has 8 aromatic carbocycles. The Bertz CT molecular complexity index is 2630. The van der Waals surface area contributed by atoms with Gasteiger partial charge in [0.05, 0.1) is 5.41 Å². The highest BCUT2D eigenvalue weighted by Gasteiger charge is 2.46. The lowest BCUT2D eigenvalue weighted by atomic mass is 9.67. The predicted molar refractivity (Wildman–Crippen MR) is 217 cm³/mol. The summed E-state index contributed by atoms with van der Waals surface area (Å²) < 4.78 is 2.65. The van der Waals surface area contributed by atoms with Crippen molar-refractivity contribution in [2.75, 3.05) is 4.90 Å². The van der Waals surface area contributed by atoms with Crippen LogP contribution in [0.2, 0.25) is 0 Å². The van der Waals surface area contributed by atoms with Gasteiger partial charge < -0.3 is 4.90 Å². The van der Waals surface area contributed by atoms with Gasteiger partial charge in [-0.15, -0.1) is 11.3 Å². The molecule has 1 nitrogen and oxygen atoms in total. The van der Waals surface area contributed by atoms with E-state index in [2.05, 4.69) is 205 Å². The Morgan fingerprint density at radius 2 is 0.843 bits per heavy atom. The van der Waals surface area contributed by atoms with Crippen molar-refractivity contribution in [2.45, 2.75) is 5.41 Å². The van der Waals surface area contributed by atoms with Crippen LogP contribution in [0.4, 0.5) is 17.1 Å². The van der Waals surface area contributed by atoms with Gasteiger partial charge in [-0.1, -0.05) is 152 Å². The molecule has 1 aromatic heterocycles. The van der Waals surface area contributed by atoms with Crippen LogP contribution >= 0.6 is 11.3 Å². The van der Waals surface area contributed by atoms with Crippen molar-refractivity contribution in [3.63, 3.8) is 0 Å². The third kappa shape index (κ3) is 4.68. The minimum atomic E-state index is -0.467. The molecule has 0 amide bonds. The van der Waals surface area contributed by atoms with Gasteiger partial charge in [0.1, 0.15) is 0 Å². The monoisotopic (exact) mass is 667 g/mol. The van der Waals surface area contributed by atoms with Crippen LogP contribution in [0.25, 0.3) is 42.4 Å². The molecule has 0 saturated heterocycles.